The zero-order valence-corrected chi connectivity index (χ0v) is 11.8. The van der Waals surface area contributed by atoms with Crippen LogP contribution in [-0.2, 0) is 9.84 Å². The molecule has 1 unspecified atom stereocenters. The molecule has 1 aliphatic rings. The van der Waals surface area contributed by atoms with Gasteiger partial charge in [0.05, 0.1) is 17.5 Å². The lowest BCUT2D eigenvalue weighted by molar-refractivity contribution is 0.507. The Morgan fingerprint density at radius 3 is 2.65 bits per heavy atom. The average Bonchev–Trinajstić information content (AvgIpc) is 2.93. The Bertz CT molecular complexity index is 739. The van der Waals surface area contributed by atoms with Crippen LogP contribution in [0.15, 0.2) is 18.5 Å². The number of sulfone groups is 1. The number of hydrogen-bond acceptors (Lipinski definition) is 6. The fourth-order valence-electron chi connectivity index (χ4n) is 2.41. The highest BCUT2D eigenvalue weighted by molar-refractivity contribution is 7.91. The van der Waals surface area contributed by atoms with E-state index in [9.17, 15) is 8.42 Å². The summed E-state index contributed by atoms with van der Waals surface area (Å²) in [6, 6.07) is 1.53. The molecule has 1 fully saturated rings. The van der Waals surface area contributed by atoms with Crippen molar-refractivity contribution in [2.24, 2.45) is 0 Å². The zero-order valence-electron chi connectivity index (χ0n) is 11.0. The SMILES string of the molecule is Cc1c(-c2ncccn2)nn(C2CCS(=O)(=O)C2)c1N. The molecule has 0 spiro atoms. The van der Waals surface area contributed by atoms with Crippen LogP contribution in [0.1, 0.15) is 18.0 Å². The first-order valence-electron chi connectivity index (χ1n) is 6.30. The van der Waals surface area contributed by atoms with Crippen molar-refractivity contribution in [1.82, 2.24) is 19.7 Å². The number of nitrogens with two attached hydrogens (primary N) is 1. The third-order valence-corrected chi connectivity index (χ3v) is 5.28. The molecule has 1 saturated heterocycles. The number of aromatic nitrogens is 4. The molecule has 2 N–H and O–H groups in total. The molecular weight excluding hydrogens is 278 g/mol. The van der Waals surface area contributed by atoms with Crippen molar-refractivity contribution in [3.63, 3.8) is 0 Å². The van der Waals surface area contributed by atoms with Gasteiger partial charge in [-0.3, -0.25) is 0 Å². The molecule has 2 aromatic heterocycles. The summed E-state index contributed by atoms with van der Waals surface area (Å²) in [5.74, 6) is 1.26. The number of rotatable bonds is 2. The Kier molecular flexibility index (Phi) is 2.97. The first-order valence-corrected chi connectivity index (χ1v) is 8.12. The van der Waals surface area contributed by atoms with Gasteiger partial charge in [0, 0.05) is 18.0 Å². The highest BCUT2D eigenvalue weighted by atomic mass is 32.2. The summed E-state index contributed by atoms with van der Waals surface area (Å²) in [4.78, 5) is 8.32. The second-order valence-corrected chi connectivity index (χ2v) is 7.16. The molecular formula is C12H15N5O2S. The minimum absolute atomic E-state index is 0.0907. The van der Waals surface area contributed by atoms with Crippen LogP contribution in [-0.4, -0.2) is 39.7 Å². The van der Waals surface area contributed by atoms with Gasteiger partial charge in [0.15, 0.2) is 15.7 Å². The second-order valence-electron chi connectivity index (χ2n) is 4.93. The van der Waals surface area contributed by atoms with Gasteiger partial charge in [-0.05, 0) is 19.4 Å². The Morgan fingerprint density at radius 2 is 2.05 bits per heavy atom. The third kappa shape index (κ3) is 2.15. The molecule has 1 atom stereocenters. The largest absolute Gasteiger partial charge is 0.384 e. The normalized spacial score (nSPS) is 21.1. The fraction of sp³-hybridized carbons (Fsp3) is 0.417. The minimum atomic E-state index is -2.98. The number of nitrogens with zero attached hydrogens (tertiary/aromatic N) is 4. The van der Waals surface area contributed by atoms with E-state index in [-0.39, 0.29) is 17.5 Å². The minimum Gasteiger partial charge on any atom is -0.384 e. The lowest BCUT2D eigenvalue weighted by Gasteiger charge is -2.10. The molecule has 2 aromatic rings. The molecule has 3 rings (SSSR count). The molecule has 106 valence electrons. The van der Waals surface area contributed by atoms with E-state index in [1.165, 1.54) is 0 Å². The lowest BCUT2D eigenvalue weighted by Crippen LogP contribution is -2.14. The molecule has 0 saturated carbocycles. The van der Waals surface area contributed by atoms with E-state index in [1.54, 1.807) is 23.1 Å². The van der Waals surface area contributed by atoms with Gasteiger partial charge in [0.2, 0.25) is 0 Å². The Labute approximate surface area is 116 Å². The van der Waals surface area contributed by atoms with Crippen molar-refractivity contribution in [2.45, 2.75) is 19.4 Å². The molecule has 7 nitrogen and oxygen atoms in total. The topological polar surface area (TPSA) is 104 Å². The standard InChI is InChI=1S/C12H15N5O2S/c1-8-10(12-14-4-2-5-15-12)16-17(11(8)13)9-3-6-20(18,19)7-9/h2,4-5,9H,3,6-7,13H2,1H3. The molecule has 0 amide bonds. The van der Waals surface area contributed by atoms with E-state index < -0.39 is 9.84 Å². The van der Waals surface area contributed by atoms with Crippen LogP contribution in [0.3, 0.4) is 0 Å². The van der Waals surface area contributed by atoms with Crippen molar-refractivity contribution in [2.75, 3.05) is 17.2 Å². The summed E-state index contributed by atoms with van der Waals surface area (Å²) in [5, 5.41) is 4.43. The van der Waals surface area contributed by atoms with Gasteiger partial charge in [-0.2, -0.15) is 5.10 Å². The van der Waals surface area contributed by atoms with Gasteiger partial charge in [0.1, 0.15) is 11.5 Å². The van der Waals surface area contributed by atoms with Crippen LogP contribution in [0, 0.1) is 6.92 Å². The van der Waals surface area contributed by atoms with Crippen LogP contribution in [0.2, 0.25) is 0 Å². The van der Waals surface area contributed by atoms with Crippen LogP contribution >= 0.6 is 0 Å². The quantitative estimate of drug-likeness (QED) is 0.869. The average molecular weight is 293 g/mol. The van der Waals surface area contributed by atoms with E-state index in [0.717, 1.165) is 5.56 Å². The van der Waals surface area contributed by atoms with Crippen LogP contribution in [0.25, 0.3) is 11.5 Å². The Morgan fingerprint density at radius 1 is 1.35 bits per heavy atom. The second kappa shape index (κ2) is 4.55. The predicted octanol–water partition coefficient (Wildman–Crippen LogP) is 0.590. The first-order chi connectivity index (χ1) is 9.48. The number of nitrogen functional groups attached to an aromatic ring is 1. The van der Waals surface area contributed by atoms with Crippen LogP contribution in [0.4, 0.5) is 5.82 Å². The molecule has 8 heteroatoms. The molecule has 3 heterocycles. The third-order valence-electron chi connectivity index (χ3n) is 3.53. The zero-order chi connectivity index (χ0) is 14.3. The highest BCUT2D eigenvalue weighted by Crippen LogP contribution is 2.30. The van der Waals surface area contributed by atoms with Crippen molar-refractivity contribution in [3.05, 3.63) is 24.0 Å². The Balaban J connectivity index is 2.03. The molecule has 20 heavy (non-hydrogen) atoms. The highest BCUT2D eigenvalue weighted by Gasteiger charge is 2.32. The van der Waals surface area contributed by atoms with Gasteiger partial charge in [-0.15, -0.1) is 0 Å². The van der Waals surface area contributed by atoms with Gasteiger partial charge in [-0.1, -0.05) is 0 Å². The smallest absolute Gasteiger partial charge is 0.180 e. The van der Waals surface area contributed by atoms with E-state index in [4.69, 9.17) is 5.73 Å². The molecule has 0 aromatic carbocycles. The maximum absolute atomic E-state index is 11.6. The summed E-state index contributed by atoms with van der Waals surface area (Å²) < 4.78 is 24.8. The van der Waals surface area contributed by atoms with Crippen molar-refractivity contribution in [3.8, 4) is 11.5 Å². The predicted molar refractivity (Wildman–Crippen MR) is 74.7 cm³/mol. The first kappa shape index (κ1) is 13.0. The van der Waals surface area contributed by atoms with Crippen LogP contribution < -0.4 is 5.73 Å². The van der Waals surface area contributed by atoms with E-state index in [1.807, 2.05) is 6.92 Å². The van der Waals surface area contributed by atoms with Gasteiger partial charge < -0.3 is 5.73 Å². The molecule has 1 aliphatic heterocycles. The van der Waals surface area contributed by atoms with Crippen molar-refractivity contribution >= 4 is 15.7 Å². The molecule has 0 bridgehead atoms. The Hall–Kier alpha value is -1.96. The number of hydrogen-bond donors (Lipinski definition) is 1. The summed E-state index contributed by atoms with van der Waals surface area (Å²) >= 11 is 0. The molecule has 0 aliphatic carbocycles. The summed E-state index contributed by atoms with van der Waals surface area (Å²) in [5.41, 5.74) is 7.44. The van der Waals surface area contributed by atoms with Gasteiger partial charge in [0.25, 0.3) is 0 Å². The summed E-state index contributed by atoms with van der Waals surface area (Å²) in [6.45, 7) is 1.84. The van der Waals surface area contributed by atoms with Gasteiger partial charge >= 0.3 is 0 Å². The van der Waals surface area contributed by atoms with Crippen molar-refractivity contribution in [1.29, 1.82) is 0 Å². The summed E-state index contributed by atoms with van der Waals surface area (Å²) in [6.07, 6.45) is 3.82. The van der Waals surface area contributed by atoms with E-state index in [0.29, 0.717) is 23.8 Å². The summed E-state index contributed by atoms with van der Waals surface area (Å²) in [7, 11) is -2.98. The van der Waals surface area contributed by atoms with Crippen molar-refractivity contribution < 1.29 is 8.42 Å². The monoisotopic (exact) mass is 293 g/mol. The van der Waals surface area contributed by atoms with Crippen LogP contribution in [0.5, 0.6) is 0 Å². The van der Waals surface area contributed by atoms with E-state index >= 15 is 0 Å². The molecule has 0 radical (unpaired) electrons. The number of anilines is 1. The van der Waals surface area contributed by atoms with Gasteiger partial charge in [-0.25, -0.2) is 23.1 Å². The maximum Gasteiger partial charge on any atom is 0.180 e. The lowest BCUT2D eigenvalue weighted by atomic mass is 10.2. The fourth-order valence-corrected chi connectivity index (χ4v) is 4.10. The van der Waals surface area contributed by atoms with E-state index in [2.05, 4.69) is 15.1 Å². The maximum atomic E-state index is 11.6.